The van der Waals surface area contributed by atoms with E-state index < -0.39 is 11.6 Å². The summed E-state index contributed by atoms with van der Waals surface area (Å²) in [5, 5.41) is 0. The van der Waals surface area contributed by atoms with Crippen LogP contribution in [0.2, 0.25) is 0 Å². The molecule has 56 valence electrons. The van der Waals surface area contributed by atoms with E-state index in [4.69, 9.17) is 0 Å². The van der Waals surface area contributed by atoms with E-state index in [0.717, 1.165) is 12.3 Å². The molecule has 0 aromatic carbocycles. The smallest absolute Gasteiger partial charge is 0.188 e. The Kier molecular flexibility index (Phi) is 2.11. The summed E-state index contributed by atoms with van der Waals surface area (Å²) in [5.74, 6) is -1.04. The van der Waals surface area contributed by atoms with Gasteiger partial charge in [0.1, 0.15) is 0 Å². The van der Waals surface area contributed by atoms with Crippen molar-refractivity contribution in [2.75, 3.05) is 0 Å². The van der Waals surface area contributed by atoms with E-state index in [1.165, 1.54) is 12.3 Å². The highest BCUT2D eigenvalue weighted by Gasteiger charge is 2.06. The Labute approximate surface area is 63.4 Å². The molecule has 1 heterocycles. The van der Waals surface area contributed by atoms with Crippen LogP contribution in [0, 0.1) is 5.82 Å². The minimum Gasteiger partial charge on any atom is -0.289 e. The molecule has 0 N–H and O–H groups in total. The lowest BCUT2D eigenvalue weighted by Crippen LogP contribution is -1.97. The van der Waals surface area contributed by atoms with Crippen LogP contribution in [0.1, 0.15) is 10.4 Å². The summed E-state index contributed by atoms with van der Waals surface area (Å²) < 4.78 is 12.7. The fourth-order valence-electron chi connectivity index (χ4n) is 0.685. The summed E-state index contributed by atoms with van der Waals surface area (Å²) >= 11 is 0. The number of nitrogens with zero attached hydrogens (tertiary/aromatic N) is 1. The topological polar surface area (TPSA) is 30.0 Å². The molecule has 0 bridgehead atoms. The molecule has 0 aliphatic carbocycles. The van der Waals surface area contributed by atoms with Gasteiger partial charge in [-0.05, 0) is 12.1 Å². The average molecular weight is 151 g/mol. The number of allylic oxidation sites excluding steroid dienone is 1. The first-order chi connectivity index (χ1) is 5.25. The molecule has 1 aromatic rings. The molecule has 0 fully saturated rings. The third-order valence-electron chi connectivity index (χ3n) is 1.22. The number of pyridine rings is 1. The maximum Gasteiger partial charge on any atom is 0.188 e. The van der Waals surface area contributed by atoms with Crippen LogP contribution in [-0.2, 0) is 0 Å². The van der Waals surface area contributed by atoms with Crippen LogP contribution >= 0.6 is 0 Å². The predicted octanol–water partition coefficient (Wildman–Crippen LogP) is 1.59. The molecule has 0 saturated carbocycles. The Morgan fingerprint density at radius 3 is 3.00 bits per heavy atom. The summed E-state index contributed by atoms with van der Waals surface area (Å²) in [6.45, 7) is 3.24. The number of carbonyl (C=O) groups excluding carboxylic acids is 1. The lowest BCUT2D eigenvalue weighted by atomic mass is 10.2. The van der Waals surface area contributed by atoms with E-state index in [2.05, 4.69) is 11.6 Å². The molecule has 0 aliphatic rings. The van der Waals surface area contributed by atoms with Crippen molar-refractivity contribution in [1.82, 2.24) is 4.98 Å². The molecule has 0 spiro atoms. The molecular formula is C8H6FNO. The maximum absolute atomic E-state index is 12.7. The first-order valence-corrected chi connectivity index (χ1v) is 3.02. The average Bonchev–Trinajstić information content (AvgIpc) is 2.04. The minimum absolute atomic E-state index is 0.00926. The van der Waals surface area contributed by atoms with Crippen LogP contribution in [0.3, 0.4) is 0 Å². The highest BCUT2D eigenvalue weighted by atomic mass is 19.1. The molecule has 0 unspecified atom stereocenters. The van der Waals surface area contributed by atoms with Crippen molar-refractivity contribution < 1.29 is 9.18 Å². The Hall–Kier alpha value is -1.51. The molecule has 1 rings (SSSR count). The van der Waals surface area contributed by atoms with Gasteiger partial charge < -0.3 is 0 Å². The summed E-state index contributed by atoms with van der Waals surface area (Å²) in [6, 6.07) is 1.32. The van der Waals surface area contributed by atoms with E-state index in [9.17, 15) is 9.18 Å². The van der Waals surface area contributed by atoms with Crippen molar-refractivity contribution in [3.8, 4) is 0 Å². The zero-order valence-corrected chi connectivity index (χ0v) is 5.75. The second kappa shape index (κ2) is 3.05. The number of halogens is 1. The second-order valence-corrected chi connectivity index (χ2v) is 1.92. The summed E-state index contributed by atoms with van der Waals surface area (Å²) in [6.07, 6.45) is 3.43. The molecule has 0 atom stereocenters. The molecule has 0 saturated heterocycles. The molecule has 0 radical (unpaired) electrons. The van der Waals surface area contributed by atoms with Gasteiger partial charge in [-0.2, -0.15) is 0 Å². The van der Waals surface area contributed by atoms with Crippen LogP contribution in [0.15, 0.2) is 31.1 Å². The van der Waals surface area contributed by atoms with Gasteiger partial charge >= 0.3 is 0 Å². The third-order valence-corrected chi connectivity index (χ3v) is 1.22. The molecule has 0 aliphatic heterocycles. The van der Waals surface area contributed by atoms with Crippen molar-refractivity contribution in [3.05, 3.63) is 42.5 Å². The number of carbonyl (C=O) groups is 1. The zero-order valence-electron chi connectivity index (χ0n) is 5.75. The first kappa shape index (κ1) is 7.60. The fourth-order valence-corrected chi connectivity index (χ4v) is 0.685. The van der Waals surface area contributed by atoms with Crippen LogP contribution in [0.25, 0.3) is 0 Å². The third kappa shape index (κ3) is 1.49. The van der Waals surface area contributed by atoms with Gasteiger partial charge in [-0.25, -0.2) is 4.39 Å². The molecule has 2 nitrogen and oxygen atoms in total. The fraction of sp³-hybridized carbons (Fsp3) is 0. The highest BCUT2D eigenvalue weighted by molar-refractivity contribution is 6.04. The van der Waals surface area contributed by atoms with E-state index >= 15 is 0 Å². The van der Waals surface area contributed by atoms with E-state index in [0.29, 0.717) is 0 Å². The standard InChI is InChI=1S/C8H6FNO/c1-2-8(11)6-3-4-10-5-7(6)9/h2-5H,1H2. The van der Waals surface area contributed by atoms with Gasteiger partial charge in [0, 0.05) is 6.20 Å². The van der Waals surface area contributed by atoms with Gasteiger partial charge in [0.15, 0.2) is 11.6 Å². The Morgan fingerprint density at radius 1 is 1.73 bits per heavy atom. The first-order valence-electron chi connectivity index (χ1n) is 3.02. The van der Waals surface area contributed by atoms with Gasteiger partial charge in [0.05, 0.1) is 11.8 Å². The monoisotopic (exact) mass is 151 g/mol. The normalized spacial score (nSPS) is 9.18. The predicted molar refractivity (Wildman–Crippen MR) is 38.7 cm³/mol. The van der Waals surface area contributed by atoms with Crippen molar-refractivity contribution in [3.63, 3.8) is 0 Å². The second-order valence-electron chi connectivity index (χ2n) is 1.92. The Bertz CT molecular complexity index is 296. The van der Waals surface area contributed by atoms with Crippen molar-refractivity contribution in [2.45, 2.75) is 0 Å². The SMILES string of the molecule is C=CC(=O)c1ccncc1F. The van der Waals surface area contributed by atoms with Crippen molar-refractivity contribution in [1.29, 1.82) is 0 Å². The van der Waals surface area contributed by atoms with Crippen molar-refractivity contribution in [2.24, 2.45) is 0 Å². The van der Waals surface area contributed by atoms with Crippen LogP contribution in [-0.4, -0.2) is 10.8 Å². The summed E-state index contributed by atoms with van der Waals surface area (Å²) in [5.41, 5.74) is 0.00926. The van der Waals surface area contributed by atoms with Gasteiger partial charge in [0.25, 0.3) is 0 Å². The number of hydrogen-bond donors (Lipinski definition) is 0. The largest absolute Gasteiger partial charge is 0.289 e. The van der Waals surface area contributed by atoms with E-state index in [1.54, 1.807) is 0 Å². The number of rotatable bonds is 2. The quantitative estimate of drug-likeness (QED) is 0.474. The number of ketones is 1. The van der Waals surface area contributed by atoms with E-state index in [-0.39, 0.29) is 5.56 Å². The molecular weight excluding hydrogens is 145 g/mol. The van der Waals surface area contributed by atoms with Crippen LogP contribution in [0.4, 0.5) is 4.39 Å². The van der Waals surface area contributed by atoms with Gasteiger partial charge in [0.2, 0.25) is 0 Å². The highest BCUT2D eigenvalue weighted by Crippen LogP contribution is 2.04. The Balaban J connectivity index is 3.13. The summed E-state index contributed by atoms with van der Waals surface area (Å²) in [4.78, 5) is 14.3. The molecule has 3 heteroatoms. The minimum atomic E-state index is -0.614. The van der Waals surface area contributed by atoms with Crippen LogP contribution in [0.5, 0.6) is 0 Å². The molecule has 11 heavy (non-hydrogen) atoms. The van der Waals surface area contributed by atoms with Crippen LogP contribution < -0.4 is 0 Å². The zero-order chi connectivity index (χ0) is 8.27. The van der Waals surface area contributed by atoms with Gasteiger partial charge in [-0.3, -0.25) is 9.78 Å². The Morgan fingerprint density at radius 2 is 2.45 bits per heavy atom. The van der Waals surface area contributed by atoms with Gasteiger partial charge in [-0.15, -0.1) is 0 Å². The summed E-state index contributed by atoms with van der Waals surface area (Å²) in [7, 11) is 0. The molecule has 1 aromatic heterocycles. The maximum atomic E-state index is 12.7. The molecule has 0 amide bonds. The lowest BCUT2D eigenvalue weighted by Gasteiger charge is -1.94. The number of aromatic nitrogens is 1. The van der Waals surface area contributed by atoms with Gasteiger partial charge in [-0.1, -0.05) is 6.58 Å². The van der Waals surface area contributed by atoms with Crippen molar-refractivity contribution >= 4 is 5.78 Å². The lowest BCUT2D eigenvalue weighted by molar-refractivity contribution is 0.104. The van der Waals surface area contributed by atoms with E-state index in [1.807, 2.05) is 0 Å². The number of hydrogen-bond acceptors (Lipinski definition) is 2.